The summed E-state index contributed by atoms with van der Waals surface area (Å²) in [5, 5.41) is 10.8. The Bertz CT molecular complexity index is 823. The number of rotatable bonds is 3. The van der Waals surface area contributed by atoms with E-state index in [1.54, 1.807) is 12.1 Å². The first kappa shape index (κ1) is 13.6. The van der Waals surface area contributed by atoms with E-state index in [0.717, 1.165) is 5.41 Å². The number of phenolic OH excluding ortho intramolecular Hbond substituents is 1. The van der Waals surface area contributed by atoms with Crippen molar-refractivity contribution < 1.29 is 22.7 Å². The smallest absolute Gasteiger partial charge is 0.204 e. The van der Waals surface area contributed by atoms with Crippen molar-refractivity contribution >= 4 is 15.4 Å². The number of hydrogen-bond acceptors (Lipinski definition) is 4. The quantitative estimate of drug-likeness (QED) is 0.947. The van der Waals surface area contributed by atoms with Crippen molar-refractivity contribution in [1.29, 1.82) is 0 Å². The Morgan fingerprint density at radius 1 is 1.10 bits per heavy atom. The van der Waals surface area contributed by atoms with Crippen LogP contribution in [0.5, 0.6) is 11.5 Å². The first-order valence-electron chi connectivity index (χ1n) is 6.14. The summed E-state index contributed by atoms with van der Waals surface area (Å²) in [7, 11) is -3.65. The molecule has 2 aromatic rings. The van der Waals surface area contributed by atoms with Gasteiger partial charge in [0.15, 0.2) is 0 Å². The standard InChI is InChI=1S/C15H11FO4S/c16-11-4-6-12(7-5-11)20-8-10-9-21(18,19)15-13(10)2-1-3-14(15)17/h1-7,9,17H,8H2. The molecule has 0 spiro atoms. The second kappa shape index (κ2) is 4.89. The van der Waals surface area contributed by atoms with E-state index in [-0.39, 0.29) is 23.1 Å². The van der Waals surface area contributed by atoms with Gasteiger partial charge >= 0.3 is 0 Å². The molecule has 108 valence electrons. The van der Waals surface area contributed by atoms with Crippen LogP contribution in [0.1, 0.15) is 5.56 Å². The maximum absolute atomic E-state index is 12.8. The number of phenols is 1. The number of aromatic hydroxyl groups is 1. The molecule has 0 unspecified atom stereocenters. The third kappa shape index (κ3) is 2.50. The van der Waals surface area contributed by atoms with E-state index in [9.17, 15) is 17.9 Å². The fraction of sp³-hybridized carbons (Fsp3) is 0.0667. The van der Waals surface area contributed by atoms with Gasteiger partial charge in [-0.25, -0.2) is 12.8 Å². The Labute approximate surface area is 121 Å². The van der Waals surface area contributed by atoms with Gasteiger partial charge in [0.1, 0.15) is 28.8 Å². The zero-order valence-corrected chi connectivity index (χ0v) is 11.6. The van der Waals surface area contributed by atoms with Crippen LogP contribution >= 0.6 is 0 Å². The summed E-state index contributed by atoms with van der Waals surface area (Å²) in [6.07, 6.45) is 0. The fourth-order valence-corrected chi connectivity index (χ4v) is 3.74. The minimum Gasteiger partial charge on any atom is -0.507 e. The SMILES string of the molecule is O=S1(=O)C=C(COc2ccc(F)cc2)c2cccc(O)c21. The lowest BCUT2D eigenvalue weighted by atomic mass is 10.1. The third-order valence-corrected chi connectivity index (χ3v) is 4.72. The molecule has 0 fully saturated rings. The number of fused-ring (bicyclic) bond motifs is 1. The van der Waals surface area contributed by atoms with Crippen molar-refractivity contribution in [2.75, 3.05) is 6.61 Å². The van der Waals surface area contributed by atoms with Gasteiger partial charge < -0.3 is 9.84 Å². The highest BCUT2D eigenvalue weighted by Crippen LogP contribution is 2.38. The van der Waals surface area contributed by atoms with E-state index in [0.29, 0.717) is 16.9 Å². The number of hydrogen-bond donors (Lipinski definition) is 1. The van der Waals surface area contributed by atoms with Crippen molar-refractivity contribution in [3.8, 4) is 11.5 Å². The molecule has 0 aliphatic carbocycles. The molecule has 1 aliphatic rings. The van der Waals surface area contributed by atoms with Crippen molar-refractivity contribution in [1.82, 2.24) is 0 Å². The largest absolute Gasteiger partial charge is 0.507 e. The molecule has 3 rings (SSSR count). The summed E-state index contributed by atoms with van der Waals surface area (Å²) in [6.45, 7) is 0.0152. The average Bonchev–Trinajstić information content (AvgIpc) is 2.71. The van der Waals surface area contributed by atoms with Crippen LogP contribution in [0.4, 0.5) is 4.39 Å². The van der Waals surface area contributed by atoms with E-state index in [1.165, 1.54) is 30.3 Å². The molecule has 0 radical (unpaired) electrons. The average molecular weight is 306 g/mol. The number of ether oxygens (including phenoxy) is 1. The Hall–Kier alpha value is -2.34. The van der Waals surface area contributed by atoms with Crippen LogP contribution in [0.15, 0.2) is 52.8 Å². The molecule has 6 heteroatoms. The Morgan fingerprint density at radius 2 is 1.81 bits per heavy atom. The molecule has 1 N–H and O–H groups in total. The summed E-state index contributed by atoms with van der Waals surface area (Å²) >= 11 is 0. The molecule has 21 heavy (non-hydrogen) atoms. The predicted octanol–water partition coefficient (Wildman–Crippen LogP) is 2.74. The highest BCUT2D eigenvalue weighted by atomic mass is 32.2. The van der Waals surface area contributed by atoms with Crippen LogP contribution in [-0.4, -0.2) is 20.1 Å². The van der Waals surface area contributed by atoms with Gasteiger partial charge in [0.25, 0.3) is 0 Å². The Morgan fingerprint density at radius 3 is 2.52 bits per heavy atom. The number of halogens is 1. The van der Waals surface area contributed by atoms with Crippen LogP contribution < -0.4 is 4.74 Å². The van der Waals surface area contributed by atoms with Gasteiger partial charge in [0, 0.05) is 16.5 Å². The van der Waals surface area contributed by atoms with Gasteiger partial charge in [-0.1, -0.05) is 12.1 Å². The fourth-order valence-electron chi connectivity index (χ4n) is 2.19. The lowest BCUT2D eigenvalue weighted by Crippen LogP contribution is -1.99. The second-order valence-electron chi connectivity index (χ2n) is 4.58. The summed E-state index contributed by atoms with van der Waals surface area (Å²) in [6, 6.07) is 9.95. The summed E-state index contributed by atoms with van der Waals surface area (Å²) in [5.74, 6) is -0.218. The van der Waals surface area contributed by atoms with Gasteiger partial charge in [0.05, 0.1) is 0 Å². The zero-order valence-electron chi connectivity index (χ0n) is 10.8. The maximum atomic E-state index is 12.8. The zero-order chi connectivity index (χ0) is 15.0. The van der Waals surface area contributed by atoms with Crippen LogP contribution in [0.3, 0.4) is 0 Å². The van der Waals surface area contributed by atoms with Gasteiger partial charge in [-0.05, 0) is 30.3 Å². The minimum absolute atomic E-state index is 0.0152. The molecule has 0 bridgehead atoms. The number of benzene rings is 2. The summed E-state index contributed by atoms with van der Waals surface area (Å²) in [4.78, 5) is -0.0947. The lowest BCUT2D eigenvalue weighted by molar-refractivity contribution is 0.369. The van der Waals surface area contributed by atoms with Gasteiger partial charge in [-0.2, -0.15) is 0 Å². The molecule has 1 heterocycles. The maximum Gasteiger partial charge on any atom is 0.204 e. The van der Waals surface area contributed by atoms with E-state index in [1.807, 2.05) is 0 Å². The predicted molar refractivity (Wildman–Crippen MR) is 75.2 cm³/mol. The topological polar surface area (TPSA) is 63.6 Å². The summed E-state index contributed by atoms with van der Waals surface area (Å²) in [5.41, 5.74) is 0.877. The number of sulfone groups is 1. The van der Waals surface area contributed by atoms with E-state index in [4.69, 9.17) is 4.74 Å². The van der Waals surface area contributed by atoms with Crippen molar-refractivity contribution in [3.05, 3.63) is 59.3 Å². The molecule has 4 nitrogen and oxygen atoms in total. The van der Waals surface area contributed by atoms with E-state index >= 15 is 0 Å². The van der Waals surface area contributed by atoms with Crippen molar-refractivity contribution in [2.24, 2.45) is 0 Å². The molecule has 0 saturated heterocycles. The Balaban J connectivity index is 1.88. The highest BCUT2D eigenvalue weighted by Gasteiger charge is 2.30. The minimum atomic E-state index is -3.65. The molecule has 0 aromatic heterocycles. The molecular weight excluding hydrogens is 295 g/mol. The van der Waals surface area contributed by atoms with Gasteiger partial charge in [0.2, 0.25) is 9.84 Å². The van der Waals surface area contributed by atoms with Crippen LogP contribution in [0.2, 0.25) is 0 Å². The lowest BCUT2D eigenvalue weighted by Gasteiger charge is -2.08. The molecule has 0 atom stereocenters. The monoisotopic (exact) mass is 306 g/mol. The van der Waals surface area contributed by atoms with Crippen LogP contribution in [0, 0.1) is 5.82 Å². The normalized spacial score (nSPS) is 15.4. The first-order chi connectivity index (χ1) is 9.97. The van der Waals surface area contributed by atoms with E-state index in [2.05, 4.69) is 0 Å². The molecule has 1 aliphatic heterocycles. The Kier molecular flexibility index (Phi) is 3.17. The van der Waals surface area contributed by atoms with E-state index < -0.39 is 9.84 Å². The van der Waals surface area contributed by atoms with Gasteiger partial charge in [-0.15, -0.1) is 0 Å². The molecule has 2 aromatic carbocycles. The second-order valence-corrected chi connectivity index (χ2v) is 6.32. The van der Waals surface area contributed by atoms with Gasteiger partial charge in [-0.3, -0.25) is 0 Å². The van der Waals surface area contributed by atoms with Crippen molar-refractivity contribution in [2.45, 2.75) is 4.90 Å². The third-order valence-electron chi connectivity index (χ3n) is 3.13. The first-order valence-corrected chi connectivity index (χ1v) is 7.68. The van der Waals surface area contributed by atoms with Crippen LogP contribution in [0.25, 0.3) is 5.57 Å². The molecule has 0 saturated carbocycles. The molecular formula is C15H11FO4S. The molecule has 0 amide bonds. The van der Waals surface area contributed by atoms with Crippen molar-refractivity contribution in [3.63, 3.8) is 0 Å². The summed E-state index contributed by atoms with van der Waals surface area (Å²) < 4.78 is 42.2. The highest BCUT2D eigenvalue weighted by molar-refractivity contribution is 7.95. The van der Waals surface area contributed by atoms with Crippen LogP contribution in [-0.2, 0) is 9.84 Å².